The number of carbonyl (C=O) groups excluding carboxylic acids is 2. The second-order valence-electron chi connectivity index (χ2n) is 3.88. The summed E-state index contributed by atoms with van der Waals surface area (Å²) >= 11 is 5.40. The predicted octanol–water partition coefficient (Wildman–Crippen LogP) is 1.22. The van der Waals surface area contributed by atoms with Gasteiger partial charge in [-0.05, 0) is 24.6 Å². The second kappa shape index (κ2) is 7.63. The van der Waals surface area contributed by atoms with E-state index in [0.29, 0.717) is 0 Å². The number of nitrogens with one attached hydrogen (secondary N) is 1. The Kier molecular flexibility index (Phi) is 6.15. The van der Waals surface area contributed by atoms with Gasteiger partial charge in [0.05, 0.1) is 6.61 Å². The zero-order chi connectivity index (χ0) is 14.3. The average Bonchev–Trinajstić information content (AvgIpc) is 2.40. The predicted molar refractivity (Wildman–Crippen MR) is 71.1 cm³/mol. The first-order chi connectivity index (χ1) is 9.06. The van der Waals surface area contributed by atoms with Crippen LogP contribution in [0.3, 0.4) is 0 Å². The molecule has 0 aliphatic rings. The Morgan fingerprint density at radius 2 is 2.00 bits per heavy atom. The highest BCUT2D eigenvalue weighted by molar-refractivity contribution is 6.27. The van der Waals surface area contributed by atoms with Gasteiger partial charge < -0.3 is 15.2 Å². The fourth-order valence-electron chi connectivity index (χ4n) is 1.54. The standard InChI is InChI=1S/C13H16ClNO4/c1-2-19-13(18)11(15-12(17)8-14)7-9-3-5-10(16)6-4-9/h3-6,11,16H,2,7-8H2,1H3,(H,15,17)/t11-/m0/s1. The van der Waals surface area contributed by atoms with Crippen LogP contribution in [-0.4, -0.2) is 35.5 Å². The average molecular weight is 286 g/mol. The van der Waals surface area contributed by atoms with Gasteiger partial charge in [0.15, 0.2) is 0 Å². The third kappa shape index (κ3) is 5.18. The van der Waals surface area contributed by atoms with Gasteiger partial charge in [0.25, 0.3) is 0 Å². The molecule has 0 spiro atoms. The minimum atomic E-state index is -0.782. The lowest BCUT2D eigenvalue weighted by Crippen LogP contribution is -2.43. The van der Waals surface area contributed by atoms with Gasteiger partial charge in [-0.3, -0.25) is 4.79 Å². The number of halogens is 1. The van der Waals surface area contributed by atoms with Gasteiger partial charge in [-0.15, -0.1) is 11.6 Å². The van der Waals surface area contributed by atoms with E-state index in [1.54, 1.807) is 19.1 Å². The fourth-order valence-corrected chi connectivity index (χ4v) is 1.61. The van der Waals surface area contributed by atoms with Gasteiger partial charge in [0, 0.05) is 6.42 Å². The molecule has 104 valence electrons. The van der Waals surface area contributed by atoms with Crippen molar-refractivity contribution in [2.24, 2.45) is 0 Å². The summed E-state index contributed by atoms with van der Waals surface area (Å²) in [5.74, 6) is -1.01. The molecule has 0 unspecified atom stereocenters. The van der Waals surface area contributed by atoms with Crippen LogP contribution < -0.4 is 5.32 Å². The number of amides is 1. The van der Waals surface area contributed by atoms with Gasteiger partial charge in [-0.1, -0.05) is 12.1 Å². The molecule has 5 nitrogen and oxygen atoms in total. The Hall–Kier alpha value is -1.75. The molecule has 0 fully saturated rings. The molecule has 1 rings (SSSR count). The maximum atomic E-state index is 11.7. The molecular weight excluding hydrogens is 270 g/mol. The Morgan fingerprint density at radius 1 is 1.37 bits per heavy atom. The van der Waals surface area contributed by atoms with Crippen LogP contribution in [0.4, 0.5) is 0 Å². The molecule has 0 radical (unpaired) electrons. The molecule has 0 aliphatic heterocycles. The third-order valence-corrected chi connectivity index (χ3v) is 2.65. The van der Waals surface area contributed by atoms with Crippen molar-refractivity contribution >= 4 is 23.5 Å². The monoisotopic (exact) mass is 285 g/mol. The molecule has 1 amide bonds. The summed E-state index contributed by atoms with van der Waals surface area (Å²) in [6, 6.07) is 5.60. The zero-order valence-electron chi connectivity index (χ0n) is 10.6. The Balaban J connectivity index is 2.75. The number of hydrogen-bond donors (Lipinski definition) is 2. The molecule has 19 heavy (non-hydrogen) atoms. The second-order valence-corrected chi connectivity index (χ2v) is 4.14. The highest BCUT2D eigenvalue weighted by Gasteiger charge is 2.22. The lowest BCUT2D eigenvalue weighted by atomic mass is 10.1. The summed E-state index contributed by atoms with van der Waals surface area (Å²) in [7, 11) is 0. The summed E-state index contributed by atoms with van der Waals surface area (Å²) in [6.45, 7) is 1.93. The molecule has 1 aromatic rings. The van der Waals surface area contributed by atoms with E-state index in [-0.39, 0.29) is 24.7 Å². The van der Waals surface area contributed by atoms with Gasteiger partial charge >= 0.3 is 5.97 Å². The van der Waals surface area contributed by atoms with E-state index < -0.39 is 17.9 Å². The third-order valence-electron chi connectivity index (χ3n) is 2.40. The highest BCUT2D eigenvalue weighted by atomic mass is 35.5. The van der Waals surface area contributed by atoms with Crippen LogP contribution in [0.2, 0.25) is 0 Å². The molecule has 0 heterocycles. The number of carbonyl (C=O) groups is 2. The highest BCUT2D eigenvalue weighted by Crippen LogP contribution is 2.12. The van der Waals surface area contributed by atoms with Crippen molar-refractivity contribution in [3.63, 3.8) is 0 Å². The molecule has 0 saturated carbocycles. The van der Waals surface area contributed by atoms with E-state index in [9.17, 15) is 14.7 Å². The molecule has 0 aliphatic carbocycles. The van der Waals surface area contributed by atoms with Crippen LogP contribution in [0, 0.1) is 0 Å². The van der Waals surface area contributed by atoms with Crippen molar-refractivity contribution in [1.82, 2.24) is 5.32 Å². The number of rotatable bonds is 6. The van der Waals surface area contributed by atoms with Crippen molar-refractivity contribution in [2.45, 2.75) is 19.4 Å². The molecule has 0 bridgehead atoms. The van der Waals surface area contributed by atoms with Gasteiger partial charge in [-0.25, -0.2) is 4.79 Å². The number of ether oxygens (including phenoxy) is 1. The Morgan fingerprint density at radius 3 is 2.53 bits per heavy atom. The van der Waals surface area contributed by atoms with Crippen LogP contribution in [-0.2, 0) is 20.7 Å². The minimum Gasteiger partial charge on any atom is -0.508 e. The fraction of sp³-hybridized carbons (Fsp3) is 0.385. The number of esters is 1. The first kappa shape index (κ1) is 15.3. The van der Waals surface area contributed by atoms with Crippen LogP contribution in [0.5, 0.6) is 5.75 Å². The van der Waals surface area contributed by atoms with Crippen LogP contribution in [0.15, 0.2) is 24.3 Å². The van der Waals surface area contributed by atoms with Gasteiger partial charge in [-0.2, -0.15) is 0 Å². The molecular formula is C13H16ClNO4. The summed E-state index contributed by atoms with van der Waals surface area (Å²) in [5, 5.41) is 11.7. The van der Waals surface area contributed by atoms with E-state index in [4.69, 9.17) is 16.3 Å². The molecule has 1 aromatic carbocycles. The topological polar surface area (TPSA) is 75.6 Å². The molecule has 0 aromatic heterocycles. The van der Waals surface area contributed by atoms with Crippen LogP contribution >= 0.6 is 11.6 Å². The number of alkyl halides is 1. The molecule has 6 heteroatoms. The number of phenols is 1. The van der Waals surface area contributed by atoms with E-state index in [1.807, 2.05) is 0 Å². The molecule has 1 atom stereocenters. The number of hydrogen-bond acceptors (Lipinski definition) is 4. The lowest BCUT2D eigenvalue weighted by Gasteiger charge is -2.16. The summed E-state index contributed by atoms with van der Waals surface area (Å²) in [4.78, 5) is 23.0. The van der Waals surface area contributed by atoms with Gasteiger partial charge in [0.2, 0.25) is 5.91 Å². The minimum absolute atomic E-state index is 0.140. The van der Waals surface area contributed by atoms with Crippen molar-refractivity contribution < 1.29 is 19.4 Å². The first-order valence-electron chi connectivity index (χ1n) is 5.86. The Bertz CT molecular complexity index is 433. The summed E-state index contributed by atoms with van der Waals surface area (Å²) in [5.41, 5.74) is 0.797. The van der Waals surface area contributed by atoms with Gasteiger partial charge in [0.1, 0.15) is 17.7 Å². The van der Waals surface area contributed by atoms with E-state index in [1.165, 1.54) is 12.1 Å². The zero-order valence-corrected chi connectivity index (χ0v) is 11.3. The molecule has 0 saturated heterocycles. The number of phenolic OH excluding ortho intramolecular Hbond substituents is 1. The van der Waals surface area contributed by atoms with Crippen LogP contribution in [0.25, 0.3) is 0 Å². The Labute approximate surface area is 116 Å². The maximum Gasteiger partial charge on any atom is 0.328 e. The smallest absolute Gasteiger partial charge is 0.328 e. The van der Waals surface area contributed by atoms with Crippen molar-refractivity contribution in [3.05, 3.63) is 29.8 Å². The van der Waals surface area contributed by atoms with Crippen LogP contribution in [0.1, 0.15) is 12.5 Å². The maximum absolute atomic E-state index is 11.7. The number of benzene rings is 1. The quantitative estimate of drug-likeness (QED) is 0.609. The largest absolute Gasteiger partial charge is 0.508 e. The first-order valence-corrected chi connectivity index (χ1v) is 6.40. The van der Waals surface area contributed by atoms with E-state index in [0.717, 1.165) is 5.56 Å². The summed E-state index contributed by atoms with van der Waals surface area (Å²) in [6.07, 6.45) is 0.280. The normalized spacial score (nSPS) is 11.7. The SMILES string of the molecule is CCOC(=O)[C@H](Cc1ccc(O)cc1)NC(=O)CCl. The van der Waals surface area contributed by atoms with E-state index >= 15 is 0 Å². The van der Waals surface area contributed by atoms with Crippen molar-refractivity contribution in [3.8, 4) is 5.75 Å². The number of aromatic hydroxyl groups is 1. The van der Waals surface area contributed by atoms with Crippen molar-refractivity contribution in [2.75, 3.05) is 12.5 Å². The molecule has 2 N–H and O–H groups in total. The lowest BCUT2D eigenvalue weighted by molar-refractivity contribution is -0.147. The van der Waals surface area contributed by atoms with E-state index in [2.05, 4.69) is 5.32 Å². The van der Waals surface area contributed by atoms with Crippen molar-refractivity contribution in [1.29, 1.82) is 0 Å². The summed E-state index contributed by atoms with van der Waals surface area (Å²) < 4.78 is 4.90.